The van der Waals surface area contributed by atoms with Gasteiger partial charge >= 0.3 is 5.69 Å². The van der Waals surface area contributed by atoms with Crippen LogP contribution < -0.4 is 11.2 Å². The molecule has 0 aromatic carbocycles. The number of hydrogen-bond donors (Lipinski definition) is 0. The van der Waals surface area contributed by atoms with E-state index >= 15 is 0 Å². The predicted octanol–water partition coefficient (Wildman–Crippen LogP) is 2.06. The lowest BCUT2D eigenvalue weighted by Crippen LogP contribution is -2.49. The molecule has 34 heavy (non-hydrogen) atoms. The third-order valence-corrected chi connectivity index (χ3v) is 8.31. The predicted molar refractivity (Wildman–Crippen MR) is 129 cm³/mol. The van der Waals surface area contributed by atoms with Crippen LogP contribution in [0.15, 0.2) is 9.59 Å². The molecule has 0 N–H and O–H groups in total. The second-order valence-corrected chi connectivity index (χ2v) is 11.8. The van der Waals surface area contributed by atoms with Crippen molar-refractivity contribution in [1.29, 1.82) is 0 Å². The van der Waals surface area contributed by atoms with Crippen molar-refractivity contribution in [2.24, 2.45) is 0 Å². The molecule has 9 nitrogen and oxygen atoms in total. The van der Waals surface area contributed by atoms with Crippen LogP contribution >= 0.6 is 11.3 Å². The Labute approximate surface area is 202 Å². The molecule has 0 saturated carbocycles. The molecule has 2 saturated heterocycles. The molecule has 0 radical (unpaired) electrons. The number of nitrogens with zero attached hydrogens (tertiary/aromatic N) is 3. The van der Waals surface area contributed by atoms with Crippen LogP contribution in [0, 0.1) is 0 Å². The summed E-state index contributed by atoms with van der Waals surface area (Å²) in [6, 6.07) is -0.277. The Hall–Kier alpha value is -2.01. The van der Waals surface area contributed by atoms with Crippen LogP contribution in [0.4, 0.5) is 0 Å². The van der Waals surface area contributed by atoms with Gasteiger partial charge in [0.1, 0.15) is 11.4 Å². The van der Waals surface area contributed by atoms with Gasteiger partial charge in [0.25, 0.3) is 5.56 Å². The van der Waals surface area contributed by atoms with Crippen LogP contribution in [0.3, 0.4) is 0 Å². The Morgan fingerprint density at radius 3 is 2.50 bits per heavy atom. The molecule has 3 aliphatic heterocycles. The topological polar surface area (TPSA) is 92.0 Å². The molecule has 186 valence electrons. The minimum Gasteiger partial charge on any atom is -0.378 e. The summed E-state index contributed by atoms with van der Waals surface area (Å²) in [7, 11) is 0. The molecule has 2 fully saturated rings. The maximum Gasteiger partial charge on any atom is 0.332 e. The first kappa shape index (κ1) is 23.7. The third kappa shape index (κ3) is 4.25. The quantitative estimate of drug-likeness (QED) is 0.653. The first-order valence-corrected chi connectivity index (χ1v) is 12.8. The van der Waals surface area contributed by atoms with Gasteiger partial charge in [-0.2, -0.15) is 0 Å². The minimum atomic E-state index is -0.428. The van der Waals surface area contributed by atoms with Gasteiger partial charge in [0.05, 0.1) is 36.4 Å². The molecule has 0 aliphatic carbocycles. The summed E-state index contributed by atoms with van der Waals surface area (Å²) in [4.78, 5) is 44.2. The van der Waals surface area contributed by atoms with Gasteiger partial charge in [-0.25, -0.2) is 4.79 Å². The van der Waals surface area contributed by atoms with E-state index in [1.54, 1.807) is 4.90 Å². The van der Waals surface area contributed by atoms with Crippen LogP contribution in [0.2, 0.25) is 0 Å². The summed E-state index contributed by atoms with van der Waals surface area (Å²) < 4.78 is 20.1. The molecule has 5 rings (SSSR count). The van der Waals surface area contributed by atoms with E-state index in [0.29, 0.717) is 69.0 Å². The first-order valence-electron chi connectivity index (χ1n) is 12.0. The molecule has 5 heterocycles. The maximum atomic E-state index is 13.9. The second kappa shape index (κ2) is 8.58. The number of ether oxygens (including phenoxy) is 3. The fourth-order valence-corrected chi connectivity index (χ4v) is 6.52. The summed E-state index contributed by atoms with van der Waals surface area (Å²) in [5.74, 6) is -0.132. The highest BCUT2D eigenvalue weighted by atomic mass is 32.1. The summed E-state index contributed by atoms with van der Waals surface area (Å²) in [5, 5.41) is 0.565. The molecular formula is C24H33N3O6S. The standard InChI is InChI=1S/C24H33N3O6S/c1-23(2)11-15(5-8-32-23)27-20(29)19-16-12-24(3,4)33-14-17(16)34-21(19)26(22(27)30)13-18(28)25-6-9-31-10-7-25/h15H,5-14H2,1-4H3. The van der Waals surface area contributed by atoms with Gasteiger partial charge in [0.15, 0.2) is 0 Å². The fraction of sp³-hybridized carbons (Fsp3) is 0.708. The zero-order valence-electron chi connectivity index (χ0n) is 20.3. The summed E-state index contributed by atoms with van der Waals surface area (Å²) in [5.41, 5.74) is -0.548. The number of amides is 1. The van der Waals surface area contributed by atoms with Gasteiger partial charge in [-0.05, 0) is 46.1 Å². The summed E-state index contributed by atoms with van der Waals surface area (Å²) >= 11 is 1.40. The lowest BCUT2D eigenvalue weighted by molar-refractivity contribution is -0.135. The van der Waals surface area contributed by atoms with E-state index in [1.807, 2.05) is 27.7 Å². The normalized spacial score (nSPS) is 24.2. The molecule has 3 aliphatic rings. The number of rotatable bonds is 3. The van der Waals surface area contributed by atoms with Crippen LogP contribution in [-0.2, 0) is 38.6 Å². The van der Waals surface area contributed by atoms with Crippen molar-refractivity contribution in [2.75, 3.05) is 32.9 Å². The summed E-state index contributed by atoms with van der Waals surface area (Å²) in [6.45, 7) is 10.8. The van der Waals surface area contributed by atoms with Crippen molar-refractivity contribution in [3.63, 3.8) is 0 Å². The third-order valence-electron chi connectivity index (χ3n) is 7.08. The van der Waals surface area contributed by atoms with Crippen molar-refractivity contribution in [3.05, 3.63) is 31.3 Å². The molecule has 1 atom stereocenters. The molecule has 1 unspecified atom stereocenters. The summed E-state index contributed by atoms with van der Waals surface area (Å²) in [6.07, 6.45) is 1.74. The maximum absolute atomic E-state index is 13.9. The van der Waals surface area contributed by atoms with Crippen LogP contribution in [-0.4, -0.2) is 64.1 Å². The van der Waals surface area contributed by atoms with Gasteiger partial charge < -0.3 is 19.1 Å². The Kier molecular flexibility index (Phi) is 5.99. The monoisotopic (exact) mass is 491 g/mol. The lowest BCUT2D eigenvalue weighted by Gasteiger charge is -2.36. The van der Waals surface area contributed by atoms with Crippen molar-refractivity contribution in [1.82, 2.24) is 14.0 Å². The molecule has 1 amide bonds. The van der Waals surface area contributed by atoms with E-state index in [-0.39, 0.29) is 24.1 Å². The fourth-order valence-electron chi connectivity index (χ4n) is 5.30. The van der Waals surface area contributed by atoms with E-state index in [1.165, 1.54) is 20.5 Å². The van der Waals surface area contributed by atoms with Gasteiger partial charge in [0.2, 0.25) is 5.91 Å². The second-order valence-electron chi connectivity index (χ2n) is 10.7. The van der Waals surface area contributed by atoms with Gasteiger partial charge in [0, 0.05) is 37.0 Å². The largest absolute Gasteiger partial charge is 0.378 e. The number of carbonyl (C=O) groups is 1. The molecule has 0 bridgehead atoms. The van der Waals surface area contributed by atoms with Gasteiger partial charge in [-0.1, -0.05) is 0 Å². The number of morpholine rings is 1. The minimum absolute atomic E-state index is 0.0914. The van der Waals surface area contributed by atoms with Crippen LogP contribution in [0.25, 0.3) is 10.2 Å². The van der Waals surface area contributed by atoms with Crippen molar-refractivity contribution < 1.29 is 19.0 Å². The van der Waals surface area contributed by atoms with E-state index in [9.17, 15) is 14.4 Å². The number of aromatic nitrogens is 2. The number of hydrogen-bond acceptors (Lipinski definition) is 7. The highest BCUT2D eigenvalue weighted by Gasteiger charge is 2.36. The Morgan fingerprint density at radius 1 is 1.06 bits per heavy atom. The van der Waals surface area contributed by atoms with Gasteiger partial charge in [-0.15, -0.1) is 11.3 Å². The Balaban J connectivity index is 1.68. The number of carbonyl (C=O) groups excluding carboxylic acids is 1. The van der Waals surface area contributed by atoms with Crippen molar-refractivity contribution in [3.8, 4) is 0 Å². The van der Waals surface area contributed by atoms with E-state index in [4.69, 9.17) is 14.2 Å². The SMILES string of the molecule is CC1(C)Cc2c(sc3c2c(=O)n(C2CCOC(C)(C)C2)c(=O)n3CC(=O)N2CCOCC2)CO1. The smallest absolute Gasteiger partial charge is 0.332 e. The zero-order valence-corrected chi connectivity index (χ0v) is 21.2. The Morgan fingerprint density at radius 2 is 1.79 bits per heavy atom. The van der Waals surface area contributed by atoms with Crippen molar-refractivity contribution >= 4 is 27.5 Å². The number of fused-ring (bicyclic) bond motifs is 3. The highest BCUT2D eigenvalue weighted by Crippen LogP contribution is 2.38. The molecule has 2 aromatic rings. The average Bonchev–Trinajstić information content (AvgIpc) is 3.14. The molecule has 0 spiro atoms. The van der Waals surface area contributed by atoms with Crippen LogP contribution in [0.5, 0.6) is 0 Å². The number of thiophene rings is 1. The molecule has 10 heteroatoms. The molecule has 2 aromatic heterocycles. The van der Waals surface area contributed by atoms with E-state index in [0.717, 1.165) is 10.4 Å². The van der Waals surface area contributed by atoms with Crippen LogP contribution in [0.1, 0.15) is 57.0 Å². The molecular weight excluding hydrogens is 458 g/mol. The lowest BCUT2D eigenvalue weighted by atomic mass is 9.93. The average molecular weight is 492 g/mol. The van der Waals surface area contributed by atoms with E-state index in [2.05, 4.69) is 0 Å². The highest BCUT2D eigenvalue weighted by molar-refractivity contribution is 7.18. The van der Waals surface area contributed by atoms with E-state index < -0.39 is 16.9 Å². The first-order chi connectivity index (χ1) is 16.1. The Bertz CT molecular complexity index is 1230. The van der Waals surface area contributed by atoms with Crippen molar-refractivity contribution in [2.45, 2.75) is 77.4 Å². The van der Waals surface area contributed by atoms with Gasteiger partial charge in [-0.3, -0.25) is 18.7 Å². The zero-order chi connectivity index (χ0) is 24.3.